The summed E-state index contributed by atoms with van der Waals surface area (Å²) in [6.07, 6.45) is 5.06. The quantitative estimate of drug-likeness (QED) is 0.727. The van der Waals surface area contributed by atoms with Crippen molar-refractivity contribution in [1.82, 2.24) is 14.8 Å². The molecule has 0 saturated heterocycles. The van der Waals surface area contributed by atoms with E-state index < -0.39 is 0 Å². The lowest BCUT2D eigenvalue weighted by Gasteiger charge is -2.09. The van der Waals surface area contributed by atoms with Crippen molar-refractivity contribution in [3.63, 3.8) is 0 Å². The standard InChI is InChI=1S/C15H17Cl2N3S/c1-20-14(10-5-2-3-6-10)18-19-15(20)21-9-11-12(16)7-4-8-13(11)17/h4,7-8,10H,2-3,5-6,9H2,1H3. The molecule has 112 valence electrons. The van der Waals surface area contributed by atoms with E-state index in [4.69, 9.17) is 23.2 Å². The summed E-state index contributed by atoms with van der Waals surface area (Å²) in [6, 6.07) is 5.59. The molecular formula is C15H17Cl2N3S. The summed E-state index contributed by atoms with van der Waals surface area (Å²) >= 11 is 14.0. The maximum atomic E-state index is 6.20. The van der Waals surface area contributed by atoms with Gasteiger partial charge in [0.25, 0.3) is 0 Å². The molecule has 0 atom stereocenters. The zero-order valence-electron chi connectivity index (χ0n) is 11.9. The van der Waals surface area contributed by atoms with Crippen LogP contribution in [-0.2, 0) is 12.8 Å². The van der Waals surface area contributed by atoms with Gasteiger partial charge in [0, 0.05) is 28.8 Å². The van der Waals surface area contributed by atoms with E-state index in [-0.39, 0.29) is 0 Å². The van der Waals surface area contributed by atoms with Crippen molar-refractivity contribution in [1.29, 1.82) is 0 Å². The van der Waals surface area contributed by atoms with Gasteiger partial charge in [0.15, 0.2) is 5.16 Å². The van der Waals surface area contributed by atoms with Gasteiger partial charge in [0.05, 0.1) is 0 Å². The van der Waals surface area contributed by atoms with Crippen molar-refractivity contribution in [2.24, 2.45) is 7.05 Å². The summed E-state index contributed by atoms with van der Waals surface area (Å²) in [7, 11) is 2.05. The Morgan fingerprint density at radius 3 is 2.52 bits per heavy atom. The van der Waals surface area contributed by atoms with Gasteiger partial charge >= 0.3 is 0 Å². The van der Waals surface area contributed by atoms with E-state index in [0.717, 1.165) is 16.5 Å². The minimum absolute atomic E-state index is 0.570. The molecule has 3 rings (SSSR count). The topological polar surface area (TPSA) is 30.7 Å². The third kappa shape index (κ3) is 3.22. The largest absolute Gasteiger partial charge is 0.309 e. The molecule has 0 unspecified atom stereocenters. The molecule has 1 aromatic heterocycles. The van der Waals surface area contributed by atoms with Gasteiger partial charge in [0.1, 0.15) is 5.82 Å². The van der Waals surface area contributed by atoms with Crippen molar-refractivity contribution in [2.45, 2.75) is 42.5 Å². The fourth-order valence-corrected chi connectivity index (χ4v) is 4.46. The van der Waals surface area contributed by atoms with E-state index in [1.165, 1.54) is 25.7 Å². The lowest BCUT2D eigenvalue weighted by atomic mass is 10.1. The maximum Gasteiger partial charge on any atom is 0.191 e. The molecule has 0 N–H and O–H groups in total. The number of hydrogen-bond donors (Lipinski definition) is 0. The monoisotopic (exact) mass is 341 g/mol. The fraction of sp³-hybridized carbons (Fsp3) is 0.467. The average molecular weight is 342 g/mol. The lowest BCUT2D eigenvalue weighted by Crippen LogP contribution is -2.03. The Balaban J connectivity index is 1.74. The predicted octanol–water partition coefficient (Wildman–Crippen LogP) is 5.07. The molecule has 0 amide bonds. The van der Waals surface area contributed by atoms with Gasteiger partial charge in [-0.25, -0.2) is 0 Å². The van der Waals surface area contributed by atoms with Crippen LogP contribution in [0, 0.1) is 0 Å². The van der Waals surface area contributed by atoms with E-state index in [2.05, 4.69) is 14.8 Å². The highest BCUT2D eigenvalue weighted by atomic mass is 35.5. The Morgan fingerprint density at radius 1 is 1.19 bits per heavy atom. The summed E-state index contributed by atoms with van der Waals surface area (Å²) in [6.45, 7) is 0. The van der Waals surface area contributed by atoms with Crippen molar-refractivity contribution < 1.29 is 0 Å². The minimum Gasteiger partial charge on any atom is -0.309 e. The Morgan fingerprint density at radius 2 is 1.86 bits per heavy atom. The number of benzene rings is 1. The first-order valence-corrected chi connectivity index (χ1v) is 8.86. The summed E-state index contributed by atoms with van der Waals surface area (Å²) in [5.74, 6) is 2.39. The van der Waals surface area contributed by atoms with Crippen LogP contribution >= 0.6 is 35.0 Å². The van der Waals surface area contributed by atoms with Crippen LogP contribution < -0.4 is 0 Å². The third-order valence-corrected chi connectivity index (χ3v) is 5.75. The van der Waals surface area contributed by atoms with Crippen LogP contribution in [0.15, 0.2) is 23.4 Å². The van der Waals surface area contributed by atoms with Gasteiger partial charge in [-0.15, -0.1) is 10.2 Å². The van der Waals surface area contributed by atoms with Gasteiger partial charge < -0.3 is 4.57 Å². The second-order valence-electron chi connectivity index (χ2n) is 5.37. The fourth-order valence-electron chi connectivity index (χ4n) is 2.80. The van der Waals surface area contributed by atoms with E-state index in [1.807, 2.05) is 25.2 Å². The molecule has 1 saturated carbocycles. The minimum atomic E-state index is 0.570. The number of rotatable bonds is 4. The molecule has 1 aliphatic rings. The van der Waals surface area contributed by atoms with E-state index in [0.29, 0.717) is 21.7 Å². The van der Waals surface area contributed by atoms with Crippen LogP contribution in [0.25, 0.3) is 0 Å². The SMILES string of the molecule is Cn1c(SCc2c(Cl)cccc2Cl)nnc1C1CCCC1. The number of thioether (sulfide) groups is 1. The van der Waals surface area contributed by atoms with Gasteiger partial charge in [-0.3, -0.25) is 0 Å². The van der Waals surface area contributed by atoms with Gasteiger partial charge in [-0.2, -0.15) is 0 Å². The normalized spacial score (nSPS) is 15.8. The molecule has 0 aliphatic heterocycles. The highest BCUT2D eigenvalue weighted by molar-refractivity contribution is 7.98. The van der Waals surface area contributed by atoms with E-state index >= 15 is 0 Å². The number of halogens is 2. The van der Waals surface area contributed by atoms with Crippen LogP contribution in [0.4, 0.5) is 0 Å². The van der Waals surface area contributed by atoms with E-state index in [1.54, 1.807) is 11.8 Å². The van der Waals surface area contributed by atoms with Crippen LogP contribution in [-0.4, -0.2) is 14.8 Å². The number of hydrogen-bond acceptors (Lipinski definition) is 3. The zero-order chi connectivity index (χ0) is 14.8. The van der Waals surface area contributed by atoms with Crippen LogP contribution in [0.1, 0.15) is 43.0 Å². The third-order valence-electron chi connectivity index (χ3n) is 4.00. The molecule has 1 fully saturated rings. The van der Waals surface area contributed by atoms with Crippen molar-refractivity contribution in [2.75, 3.05) is 0 Å². The van der Waals surface area contributed by atoms with Gasteiger partial charge in [-0.05, 0) is 30.5 Å². The Hall–Kier alpha value is -0.710. The first-order chi connectivity index (χ1) is 10.2. The predicted molar refractivity (Wildman–Crippen MR) is 88.2 cm³/mol. The summed E-state index contributed by atoms with van der Waals surface area (Å²) < 4.78 is 2.12. The highest BCUT2D eigenvalue weighted by Gasteiger charge is 2.23. The highest BCUT2D eigenvalue weighted by Crippen LogP contribution is 2.35. The lowest BCUT2D eigenvalue weighted by molar-refractivity contribution is 0.616. The number of nitrogens with zero attached hydrogens (tertiary/aromatic N) is 3. The summed E-state index contributed by atoms with van der Waals surface area (Å²) in [5.41, 5.74) is 0.955. The van der Waals surface area contributed by atoms with Gasteiger partial charge in [0.2, 0.25) is 0 Å². The Kier molecular flexibility index (Phi) is 4.77. The zero-order valence-corrected chi connectivity index (χ0v) is 14.2. The molecule has 2 aromatic rings. The van der Waals surface area contributed by atoms with Crippen molar-refractivity contribution in [3.8, 4) is 0 Å². The first-order valence-electron chi connectivity index (χ1n) is 7.12. The Labute approximate surface area is 139 Å². The molecule has 6 heteroatoms. The molecule has 0 spiro atoms. The molecular weight excluding hydrogens is 325 g/mol. The molecule has 1 heterocycles. The second kappa shape index (κ2) is 6.59. The molecule has 3 nitrogen and oxygen atoms in total. The van der Waals surface area contributed by atoms with Gasteiger partial charge in [-0.1, -0.05) is 53.9 Å². The van der Waals surface area contributed by atoms with Crippen molar-refractivity contribution in [3.05, 3.63) is 39.6 Å². The Bertz CT molecular complexity index is 616. The molecule has 21 heavy (non-hydrogen) atoms. The van der Waals surface area contributed by atoms with Crippen LogP contribution in [0.3, 0.4) is 0 Å². The van der Waals surface area contributed by atoms with Crippen LogP contribution in [0.2, 0.25) is 10.0 Å². The van der Waals surface area contributed by atoms with E-state index in [9.17, 15) is 0 Å². The first kappa shape index (κ1) is 15.2. The van der Waals surface area contributed by atoms with Crippen molar-refractivity contribution >= 4 is 35.0 Å². The number of aromatic nitrogens is 3. The molecule has 1 aromatic carbocycles. The summed E-state index contributed by atoms with van der Waals surface area (Å²) in [4.78, 5) is 0. The molecule has 1 aliphatic carbocycles. The maximum absolute atomic E-state index is 6.20. The van der Waals surface area contributed by atoms with Crippen LogP contribution in [0.5, 0.6) is 0 Å². The smallest absolute Gasteiger partial charge is 0.191 e. The second-order valence-corrected chi connectivity index (χ2v) is 7.13. The summed E-state index contributed by atoms with van der Waals surface area (Å²) in [5, 5.41) is 11.0. The molecule has 0 bridgehead atoms. The molecule has 0 radical (unpaired) electrons. The average Bonchev–Trinajstić information content (AvgIpc) is 3.08.